The molecule has 1 saturated carbocycles. The Morgan fingerprint density at radius 1 is 1.67 bits per heavy atom. The second-order valence-electron chi connectivity index (χ2n) is 3.86. The number of anilines is 1. The first-order valence-corrected chi connectivity index (χ1v) is 5.11. The number of carbonyl (C=O) groups excluding carboxylic acids is 1. The quantitative estimate of drug-likeness (QED) is 0.757. The van der Waals surface area contributed by atoms with Gasteiger partial charge in [-0.15, -0.1) is 0 Å². The number of hydrogen-bond donors (Lipinski definition) is 2. The molecule has 0 aromatic carbocycles. The Morgan fingerprint density at radius 2 is 2.47 bits per heavy atom. The van der Waals surface area contributed by atoms with Gasteiger partial charge in [-0.25, -0.2) is 4.63 Å². The van der Waals surface area contributed by atoms with Crippen molar-refractivity contribution in [3.63, 3.8) is 0 Å². The van der Waals surface area contributed by atoms with E-state index in [2.05, 4.69) is 27.2 Å². The van der Waals surface area contributed by atoms with Gasteiger partial charge in [0, 0.05) is 6.04 Å². The third-order valence-corrected chi connectivity index (χ3v) is 2.63. The molecular weight excluding hydrogens is 196 g/mol. The Morgan fingerprint density at radius 3 is 3.07 bits per heavy atom. The number of nitrogen functional groups attached to an aromatic ring is 1. The summed E-state index contributed by atoms with van der Waals surface area (Å²) in [6, 6.07) is 0.272. The lowest BCUT2D eigenvalue weighted by molar-refractivity contribution is 0.0939. The predicted molar refractivity (Wildman–Crippen MR) is 53.0 cm³/mol. The van der Waals surface area contributed by atoms with Crippen molar-refractivity contribution in [1.29, 1.82) is 0 Å². The summed E-state index contributed by atoms with van der Waals surface area (Å²) in [5.74, 6) is 0.359. The zero-order chi connectivity index (χ0) is 10.8. The number of hydrogen-bond acceptors (Lipinski definition) is 5. The van der Waals surface area contributed by atoms with Crippen molar-refractivity contribution in [1.82, 2.24) is 15.6 Å². The predicted octanol–water partition coefficient (Wildman–Crippen LogP) is 0.570. The normalized spacial score (nSPS) is 23.8. The number of aromatic nitrogens is 2. The van der Waals surface area contributed by atoms with E-state index >= 15 is 0 Å². The molecule has 1 amide bonds. The molecule has 1 aromatic heterocycles. The second kappa shape index (κ2) is 3.88. The van der Waals surface area contributed by atoms with Gasteiger partial charge in [0.05, 0.1) is 0 Å². The molecule has 6 heteroatoms. The second-order valence-corrected chi connectivity index (χ2v) is 3.86. The highest BCUT2D eigenvalue weighted by Gasteiger charge is 2.38. The molecule has 0 spiro atoms. The van der Waals surface area contributed by atoms with Gasteiger partial charge in [-0.2, -0.15) is 0 Å². The lowest BCUT2D eigenvalue weighted by Gasteiger charge is -2.00. The van der Waals surface area contributed by atoms with Crippen LogP contribution in [-0.2, 0) is 0 Å². The van der Waals surface area contributed by atoms with Crippen LogP contribution in [0, 0.1) is 5.92 Å². The Balaban J connectivity index is 1.87. The fourth-order valence-electron chi connectivity index (χ4n) is 1.70. The molecular formula is C9H14N4O2. The summed E-state index contributed by atoms with van der Waals surface area (Å²) in [5.41, 5.74) is 5.48. The highest BCUT2D eigenvalue weighted by atomic mass is 16.6. The minimum atomic E-state index is -0.294. The molecule has 15 heavy (non-hydrogen) atoms. The van der Waals surface area contributed by atoms with Gasteiger partial charge in [0.2, 0.25) is 11.5 Å². The number of rotatable bonds is 4. The highest BCUT2D eigenvalue weighted by Crippen LogP contribution is 2.34. The Hall–Kier alpha value is -1.59. The fraction of sp³-hybridized carbons (Fsp3) is 0.667. The van der Waals surface area contributed by atoms with Crippen LogP contribution in [0.15, 0.2) is 4.63 Å². The number of carbonyl (C=O) groups is 1. The average molecular weight is 210 g/mol. The Labute approximate surface area is 87.2 Å². The Kier molecular flexibility index (Phi) is 2.57. The SMILES string of the molecule is CCCC1CC1NC(=O)c1nonc1N. The van der Waals surface area contributed by atoms with Gasteiger partial charge in [0.1, 0.15) is 0 Å². The first-order chi connectivity index (χ1) is 7.22. The van der Waals surface area contributed by atoms with E-state index in [1.165, 1.54) is 0 Å². The number of nitrogens with two attached hydrogens (primary N) is 1. The molecule has 6 nitrogen and oxygen atoms in total. The van der Waals surface area contributed by atoms with Crippen LogP contribution in [0.3, 0.4) is 0 Å². The molecule has 82 valence electrons. The van der Waals surface area contributed by atoms with Crippen LogP contribution < -0.4 is 11.1 Å². The molecule has 2 unspecified atom stereocenters. The van der Waals surface area contributed by atoms with Crippen molar-refractivity contribution < 1.29 is 9.42 Å². The Bertz CT molecular complexity index is 363. The van der Waals surface area contributed by atoms with Crippen molar-refractivity contribution in [2.75, 3.05) is 5.73 Å². The van der Waals surface area contributed by atoms with Crippen molar-refractivity contribution in [2.45, 2.75) is 32.2 Å². The van der Waals surface area contributed by atoms with Gasteiger partial charge >= 0.3 is 0 Å². The number of nitrogens with one attached hydrogen (secondary N) is 1. The first-order valence-electron chi connectivity index (χ1n) is 5.11. The third kappa shape index (κ3) is 2.08. The summed E-state index contributed by atoms with van der Waals surface area (Å²) < 4.78 is 4.36. The summed E-state index contributed by atoms with van der Waals surface area (Å²) in [6.45, 7) is 2.14. The zero-order valence-corrected chi connectivity index (χ0v) is 8.56. The lowest BCUT2D eigenvalue weighted by atomic mass is 10.2. The van der Waals surface area contributed by atoms with Gasteiger partial charge in [0.25, 0.3) is 5.91 Å². The molecule has 1 aliphatic rings. The van der Waals surface area contributed by atoms with Crippen LogP contribution in [0.4, 0.5) is 5.82 Å². The molecule has 1 heterocycles. The van der Waals surface area contributed by atoms with Crippen LogP contribution in [0.2, 0.25) is 0 Å². The van der Waals surface area contributed by atoms with Gasteiger partial charge in [-0.05, 0) is 29.1 Å². The molecule has 0 radical (unpaired) electrons. The van der Waals surface area contributed by atoms with E-state index in [1.54, 1.807) is 0 Å². The van der Waals surface area contributed by atoms with Crippen molar-refractivity contribution in [2.24, 2.45) is 5.92 Å². The van der Waals surface area contributed by atoms with Gasteiger partial charge in [-0.1, -0.05) is 13.3 Å². The molecule has 1 fully saturated rings. The first kappa shape index (κ1) is 9.95. The highest BCUT2D eigenvalue weighted by molar-refractivity contribution is 5.96. The minimum Gasteiger partial charge on any atom is -0.379 e. The summed E-state index contributed by atoms with van der Waals surface area (Å²) >= 11 is 0. The number of nitrogens with zero attached hydrogens (tertiary/aromatic N) is 2. The van der Waals surface area contributed by atoms with E-state index < -0.39 is 0 Å². The topological polar surface area (TPSA) is 94.0 Å². The van der Waals surface area contributed by atoms with E-state index in [0.717, 1.165) is 19.3 Å². The maximum absolute atomic E-state index is 11.6. The molecule has 2 atom stereocenters. The minimum absolute atomic E-state index is 0.0418. The summed E-state index contributed by atoms with van der Waals surface area (Å²) in [7, 11) is 0. The van der Waals surface area contributed by atoms with E-state index in [9.17, 15) is 4.79 Å². The molecule has 1 aromatic rings. The molecule has 0 saturated heterocycles. The van der Waals surface area contributed by atoms with Crippen LogP contribution in [0.25, 0.3) is 0 Å². The van der Waals surface area contributed by atoms with Crippen molar-refractivity contribution >= 4 is 11.7 Å². The third-order valence-electron chi connectivity index (χ3n) is 2.63. The van der Waals surface area contributed by atoms with Crippen LogP contribution in [-0.4, -0.2) is 22.3 Å². The summed E-state index contributed by atoms with van der Waals surface area (Å²) in [5, 5.41) is 9.65. The van der Waals surface area contributed by atoms with E-state index in [4.69, 9.17) is 5.73 Å². The fourth-order valence-corrected chi connectivity index (χ4v) is 1.70. The largest absolute Gasteiger partial charge is 0.379 e. The molecule has 0 aliphatic heterocycles. The lowest BCUT2D eigenvalue weighted by Crippen LogP contribution is -2.27. The molecule has 0 bridgehead atoms. The monoisotopic (exact) mass is 210 g/mol. The van der Waals surface area contributed by atoms with E-state index in [1.807, 2.05) is 0 Å². The summed E-state index contributed by atoms with van der Waals surface area (Å²) in [6.07, 6.45) is 3.34. The maximum atomic E-state index is 11.6. The standard InChI is InChI=1S/C9H14N4O2/c1-2-3-5-4-6(5)11-9(14)7-8(10)13-15-12-7/h5-6H,2-4H2,1H3,(H2,10,13)(H,11,14). The van der Waals surface area contributed by atoms with Crippen molar-refractivity contribution in [3.8, 4) is 0 Å². The van der Waals surface area contributed by atoms with E-state index in [-0.39, 0.29) is 23.5 Å². The van der Waals surface area contributed by atoms with Crippen molar-refractivity contribution in [3.05, 3.63) is 5.69 Å². The van der Waals surface area contributed by atoms with Gasteiger partial charge in [-0.3, -0.25) is 4.79 Å². The van der Waals surface area contributed by atoms with Gasteiger partial charge in [0.15, 0.2) is 0 Å². The van der Waals surface area contributed by atoms with Crippen LogP contribution in [0.5, 0.6) is 0 Å². The van der Waals surface area contributed by atoms with E-state index in [0.29, 0.717) is 5.92 Å². The zero-order valence-electron chi connectivity index (χ0n) is 8.56. The summed E-state index contributed by atoms with van der Waals surface area (Å²) in [4.78, 5) is 11.6. The maximum Gasteiger partial charge on any atom is 0.277 e. The molecule has 2 rings (SSSR count). The number of amides is 1. The van der Waals surface area contributed by atoms with Gasteiger partial charge < -0.3 is 11.1 Å². The average Bonchev–Trinajstić information content (AvgIpc) is 2.76. The molecule has 3 N–H and O–H groups in total. The van der Waals surface area contributed by atoms with Crippen LogP contribution in [0.1, 0.15) is 36.7 Å². The smallest absolute Gasteiger partial charge is 0.277 e. The molecule has 1 aliphatic carbocycles. The van der Waals surface area contributed by atoms with Crippen LogP contribution >= 0.6 is 0 Å².